The van der Waals surface area contributed by atoms with Crippen LogP contribution < -0.4 is 5.32 Å². The van der Waals surface area contributed by atoms with Crippen LogP contribution in [0.4, 0.5) is 0 Å². The van der Waals surface area contributed by atoms with Crippen molar-refractivity contribution in [2.24, 2.45) is 0 Å². The average Bonchev–Trinajstić information content (AvgIpc) is 2.88. The maximum absolute atomic E-state index is 13.7. The molecule has 0 heterocycles. The Balaban J connectivity index is 1.84. The lowest BCUT2D eigenvalue weighted by Crippen LogP contribution is -2.51. The molecule has 0 aliphatic carbocycles. The quantitative estimate of drug-likeness (QED) is 0.313. The molecular formula is C30H35ClN2O3. The third-order valence-corrected chi connectivity index (χ3v) is 6.06. The van der Waals surface area contributed by atoms with Crippen LogP contribution in [0.5, 0.6) is 0 Å². The lowest BCUT2D eigenvalue weighted by Gasteiger charge is -2.31. The summed E-state index contributed by atoms with van der Waals surface area (Å²) < 4.78 is 5.59. The number of nitrogens with one attached hydrogen (secondary N) is 1. The second-order valence-electron chi connectivity index (χ2n) is 9.08. The van der Waals surface area contributed by atoms with Crippen LogP contribution in [0.1, 0.15) is 37.0 Å². The minimum Gasteiger partial charge on any atom is -0.379 e. The van der Waals surface area contributed by atoms with Crippen LogP contribution in [0.15, 0.2) is 84.9 Å². The van der Waals surface area contributed by atoms with Crippen molar-refractivity contribution in [3.05, 3.63) is 107 Å². The number of carbonyl (C=O) groups excluding carboxylic acids is 2. The molecule has 0 saturated carbocycles. The molecule has 190 valence electrons. The largest absolute Gasteiger partial charge is 0.379 e. The Morgan fingerprint density at radius 2 is 1.47 bits per heavy atom. The van der Waals surface area contributed by atoms with Gasteiger partial charge in [-0.3, -0.25) is 9.59 Å². The third kappa shape index (κ3) is 9.14. The topological polar surface area (TPSA) is 58.6 Å². The fourth-order valence-corrected chi connectivity index (χ4v) is 4.06. The monoisotopic (exact) mass is 506 g/mol. The number of hydrogen-bond acceptors (Lipinski definition) is 3. The number of benzene rings is 3. The van der Waals surface area contributed by atoms with Gasteiger partial charge in [-0.1, -0.05) is 84.4 Å². The Kier molecular flexibility index (Phi) is 11.0. The number of nitrogens with zero attached hydrogens (tertiary/aromatic N) is 1. The van der Waals surface area contributed by atoms with Gasteiger partial charge >= 0.3 is 0 Å². The van der Waals surface area contributed by atoms with Crippen molar-refractivity contribution < 1.29 is 14.3 Å². The first-order chi connectivity index (χ1) is 17.4. The smallest absolute Gasteiger partial charge is 0.243 e. The van der Waals surface area contributed by atoms with E-state index >= 15 is 0 Å². The molecule has 6 heteroatoms. The van der Waals surface area contributed by atoms with Crippen LogP contribution in [-0.4, -0.2) is 42.0 Å². The Morgan fingerprint density at radius 3 is 2.08 bits per heavy atom. The van der Waals surface area contributed by atoms with E-state index in [-0.39, 0.29) is 24.3 Å². The van der Waals surface area contributed by atoms with Gasteiger partial charge in [0, 0.05) is 31.1 Å². The average molecular weight is 507 g/mol. The highest BCUT2D eigenvalue weighted by atomic mass is 35.5. The molecule has 1 atom stereocenters. The molecular weight excluding hydrogens is 472 g/mol. The molecule has 0 spiro atoms. The van der Waals surface area contributed by atoms with E-state index in [1.165, 1.54) is 0 Å². The molecule has 3 rings (SSSR count). The molecule has 36 heavy (non-hydrogen) atoms. The van der Waals surface area contributed by atoms with Gasteiger partial charge in [-0.2, -0.15) is 0 Å². The van der Waals surface area contributed by atoms with E-state index in [9.17, 15) is 9.59 Å². The van der Waals surface area contributed by atoms with E-state index in [0.717, 1.165) is 16.7 Å². The summed E-state index contributed by atoms with van der Waals surface area (Å²) in [7, 11) is 0. The number of hydrogen-bond donors (Lipinski definition) is 1. The highest BCUT2D eigenvalue weighted by molar-refractivity contribution is 6.30. The van der Waals surface area contributed by atoms with Crippen molar-refractivity contribution in [2.75, 3.05) is 13.2 Å². The molecule has 3 aromatic carbocycles. The molecule has 0 aliphatic heterocycles. The zero-order valence-corrected chi connectivity index (χ0v) is 21.8. The molecule has 3 aromatic rings. The number of rotatable bonds is 13. The van der Waals surface area contributed by atoms with Crippen molar-refractivity contribution in [3.63, 3.8) is 0 Å². The Labute approximate surface area is 219 Å². The zero-order valence-electron chi connectivity index (χ0n) is 21.0. The summed E-state index contributed by atoms with van der Waals surface area (Å²) in [6.07, 6.45) is 1.47. The molecule has 0 bridgehead atoms. The zero-order chi connectivity index (χ0) is 25.8. The molecule has 0 aromatic heterocycles. The number of carbonyl (C=O) groups is 2. The normalized spacial score (nSPS) is 11.8. The van der Waals surface area contributed by atoms with E-state index in [1.807, 2.05) is 86.6 Å². The Morgan fingerprint density at radius 1 is 0.861 bits per heavy atom. The first kappa shape index (κ1) is 27.4. The fourth-order valence-electron chi connectivity index (χ4n) is 3.93. The molecule has 0 fully saturated rings. The van der Waals surface area contributed by atoms with Gasteiger partial charge in [0.05, 0.1) is 12.5 Å². The van der Waals surface area contributed by atoms with Gasteiger partial charge < -0.3 is 15.0 Å². The molecule has 0 saturated heterocycles. The summed E-state index contributed by atoms with van der Waals surface area (Å²) in [5.41, 5.74) is 2.82. The second kappa shape index (κ2) is 14.4. The fraction of sp³-hybridized carbons (Fsp3) is 0.333. The number of ether oxygens (including phenoxy) is 1. The first-order valence-corrected chi connectivity index (χ1v) is 12.8. The number of halogens is 1. The van der Waals surface area contributed by atoms with Crippen molar-refractivity contribution in [2.45, 2.75) is 51.8 Å². The Bertz CT molecular complexity index is 1070. The van der Waals surface area contributed by atoms with E-state index in [1.54, 1.807) is 17.0 Å². The highest BCUT2D eigenvalue weighted by Gasteiger charge is 2.30. The minimum atomic E-state index is -0.654. The van der Waals surface area contributed by atoms with E-state index in [0.29, 0.717) is 37.6 Å². The van der Waals surface area contributed by atoms with Gasteiger partial charge in [0.1, 0.15) is 6.04 Å². The van der Waals surface area contributed by atoms with Crippen LogP contribution >= 0.6 is 11.6 Å². The summed E-state index contributed by atoms with van der Waals surface area (Å²) in [6, 6.07) is 26.2. The minimum absolute atomic E-state index is 0.111. The van der Waals surface area contributed by atoms with Crippen LogP contribution in [0.3, 0.4) is 0 Å². The second-order valence-corrected chi connectivity index (χ2v) is 9.52. The molecule has 2 amide bonds. The lowest BCUT2D eigenvalue weighted by atomic mass is 10.0. The Hall–Kier alpha value is -3.15. The van der Waals surface area contributed by atoms with Crippen molar-refractivity contribution >= 4 is 23.4 Å². The molecule has 5 nitrogen and oxygen atoms in total. The molecule has 0 radical (unpaired) electrons. The van der Waals surface area contributed by atoms with Crippen molar-refractivity contribution in [1.82, 2.24) is 10.2 Å². The maximum Gasteiger partial charge on any atom is 0.243 e. The van der Waals surface area contributed by atoms with Crippen LogP contribution in [0, 0.1) is 0 Å². The summed E-state index contributed by atoms with van der Waals surface area (Å²) in [5, 5.41) is 3.66. The third-order valence-electron chi connectivity index (χ3n) is 5.81. The van der Waals surface area contributed by atoms with Crippen molar-refractivity contribution in [3.8, 4) is 0 Å². The standard InChI is InChI=1S/C30H35ClN2O3/c1-23(2)36-19-9-18-32-30(35)28(20-24-10-5-3-6-11-24)33(22-26-12-7-4-8-13-26)29(34)21-25-14-16-27(31)17-15-25/h3-8,10-17,23,28H,9,18-22H2,1-2H3,(H,32,35)/t28-/m0/s1. The summed E-state index contributed by atoms with van der Waals surface area (Å²) in [5.74, 6) is -0.274. The molecule has 0 aliphatic rings. The van der Waals surface area contributed by atoms with Crippen LogP contribution in [-0.2, 0) is 33.7 Å². The van der Waals surface area contributed by atoms with E-state index in [2.05, 4.69) is 5.32 Å². The van der Waals surface area contributed by atoms with Gasteiger partial charge in [-0.05, 0) is 49.1 Å². The van der Waals surface area contributed by atoms with Crippen molar-refractivity contribution in [1.29, 1.82) is 0 Å². The van der Waals surface area contributed by atoms with Gasteiger partial charge in [0.25, 0.3) is 0 Å². The van der Waals surface area contributed by atoms with Gasteiger partial charge in [-0.25, -0.2) is 0 Å². The lowest BCUT2D eigenvalue weighted by molar-refractivity contribution is -0.140. The predicted molar refractivity (Wildman–Crippen MR) is 145 cm³/mol. The molecule has 0 unspecified atom stereocenters. The number of amides is 2. The summed E-state index contributed by atoms with van der Waals surface area (Å²) in [6.45, 7) is 5.38. The summed E-state index contributed by atoms with van der Waals surface area (Å²) >= 11 is 6.03. The van der Waals surface area contributed by atoms with Gasteiger partial charge in [0.15, 0.2) is 0 Å². The maximum atomic E-state index is 13.7. The van der Waals surface area contributed by atoms with Crippen LogP contribution in [0.25, 0.3) is 0 Å². The summed E-state index contributed by atoms with van der Waals surface area (Å²) in [4.78, 5) is 28.9. The van der Waals surface area contributed by atoms with Crippen LogP contribution in [0.2, 0.25) is 5.02 Å². The highest BCUT2D eigenvalue weighted by Crippen LogP contribution is 2.17. The first-order valence-electron chi connectivity index (χ1n) is 12.4. The van der Waals surface area contributed by atoms with E-state index in [4.69, 9.17) is 16.3 Å². The van der Waals surface area contributed by atoms with Gasteiger partial charge in [0.2, 0.25) is 11.8 Å². The molecule has 1 N–H and O–H groups in total. The van der Waals surface area contributed by atoms with Gasteiger partial charge in [-0.15, -0.1) is 0 Å². The predicted octanol–water partition coefficient (Wildman–Crippen LogP) is 5.45. The SMILES string of the molecule is CC(C)OCCCNC(=O)[C@H](Cc1ccccc1)N(Cc1ccccc1)C(=O)Cc1ccc(Cl)cc1. The van der Waals surface area contributed by atoms with E-state index < -0.39 is 6.04 Å².